The third kappa shape index (κ3) is 3.96. The van der Waals surface area contributed by atoms with Crippen molar-refractivity contribution in [1.29, 1.82) is 0 Å². The van der Waals surface area contributed by atoms with E-state index in [9.17, 15) is 4.79 Å². The maximum Gasteiger partial charge on any atom is 0.336 e. The lowest BCUT2D eigenvalue weighted by Crippen LogP contribution is -2.39. The molecule has 1 aliphatic carbocycles. The molecule has 1 atom stereocenters. The van der Waals surface area contributed by atoms with Crippen LogP contribution in [0.5, 0.6) is 0 Å². The standard InChI is InChI=1S/C27H32N4OS/c1-4-30(5-2)27(32)28-31-23-15-9-13-21-20-14-10-16-29(3)24(20)17-22(25(21)23)26(31)33-18-19-11-7-6-8-12-19/h6-9,11-15,24H,4-5,10,16-18H2,1-3H3,(H,28,32)/t24-/m1/s1. The zero-order valence-electron chi connectivity index (χ0n) is 19.7. The largest absolute Gasteiger partial charge is 0.336 e. The average molecular weight is 461 g/mol. The maximum absolute atomic E-state index is 13.1. The molecule has 0 saturated carbocycles. The summed E-state index contributed by atoms with van der Waals surface area (Å²) < 4.78 is 2.06. The number of carbonyl (C=O) groups excluding carboxylic acids is 1. The summed E-state index contributed by atoms with van der Waals surface area (Å²) in [4.78, 5) is 17.4. The molecular formula is C27H32N4OS. The average Bonchev–Trinajstić information content (AvgIpc) is 3.13. The SMILES string of the molecule is CCN(CC)C(=O)Nn1c(SCc2ccccc2)c2c3c(cccc31)C1=CCCN(C)[C@@H]1C2. The van der Waals surface area contributed by atoms with Gasteiger partial charge in [-0.05, 0) is 62.1 Å². The van der Waals surface area contributed by atoms with Crippen molar-refractivity contribution in [2.75, 3.05) is 32.1 Å². The molecule has 0 unspecified atom stereocenters. The summed E-state index contributed by atoms with van der Waals surface area (Å²) in [5, 5.41) is 2.45. The van der Waals surface area contributed by atoms with Gasteiger partial charge in [-0.2, -0.15) is 0 Å². The second kappa shape index (κ2) is 9.27. The second-order valence-electron chi connectivity index (χ2n) is 8.83. The Kier molecular flexibility index (Phi) is 6.21. The highest BCUT2D eigenvalue weighted by Gasteiger charge is 2.34. The molecule has 2 aromatic carbocycles. The van der Waals surface area contributed by atoms with Crippen LogP contribution in [0, 0.1) is 0 Å². The Morgan fingerprint density at radius 2 is 1.91 bits per heavy atom. The van der Waals surface area contributed by atoms with Gasteiger partial charge in [0.2, 0.25) is 0 Å². The molecule has 0 spiro atoms. The number of benzene rings is 2. The first kappa shape index (κ1) is 22.1. The Morgan fingerprint density at radius 1 is 1.12 bits per heavy atom. The molecule has 1 N–H and O–H groups in total. The second-order valence-corrected chi connectivity index (χ2v) is 9.80. The van der Waals surface area contributed by atoms with Crippen LogP contribution in [0.4, 0.5) is 4.79 Å². The predicted octanol–water partition coefficient (Wildman–Crippen LogP) is 5.58. The highest BCUT2D eigenvalue weighted by Crippen LogP contribution is 2.45. The number of fused-ring (bicyclic) bond motifs is 2. The van der Waals surface area contributed by atoms with Gasteiger partial charge in [-0.25, -0.2) is 14.9 Å². The molecule has 6 heteroatoms. The minimum atomic E-state index is -0.0524. The summed E-state index contributed by atoms with van der Waals surface area (Å²) in [5.41, 5.74) is 9.74. The smallest absolute Gasteiger partial charge is 0.324 e. The molecule has 1 aliphatic heterocycles. The molecule has 2 aliphatic rings. The summed E-state index contributed by atoms with van der Waals surface area (Å²) in [7, 11) is 2.23. The van der Waals surface area contributed by atoms with Crippen molar-refractivity contribution in [3.63, 3.8) is 0 Å². The first-order valence-corrected chi connectivity index (χ1v) is 12.9. The summed E-state index contributed by atoms with van der Waals surface area (Å²) >= 11 is 1.82. The van der Waals surface area contributed by atoms with E-state index in [0.29, 0.717) is 19.1 Å². The van der Waals surface area contributed by atoms with E-state index in [1.165, 1.54) is 27.6 Å². The molecule has 2 amide bonds. The molecule has 5 rings (SSSR count). The fourth-order valence-electron chi connectivity index (χ4n) is 5.19. The van der Waals surface area contributed by atoms with E-state index in [1.54, 1.807) is 0 Å². The minimum absolute atomic E-state index is 0.0524. The fourth-order valence-corrected chi connectivity index (χ4v) is 6.32. The van der Waals surface area contributed by atoms with Gasteiger partial charge in [0.1, 0.15) is 5.03 Å². The van der Waals surface area contributed by atoms with Crippen molar-refractivity contribution in [3.8, 4) is 0 Å². The van der Waals surface area contributed by atoms with Crippen LogP contribution >= 0.6 is 11.8 Å². The van der Waals surface area contributed by atoms with E-state index >= 15 is 0 Å². The van der Waals surface area contributed by atoms with Crippen LogP contribution in [-0.2, 0) is 12.2 Å². The van der Waals surface area contributed by atoms with Crippen LogP contribution in [0.15, 0.2) is 59.6 Å². The van der Waals surface area contributed by atoms with Crippen molar-refractivity contribution in [2.24, 2.45) is 0 Å². The minimum Gasteiger partial charge on any atom is -0.324 e. The zero-order chi connectivity index (χ0) is 22.9. The molecular weight excluding hydrogens is 428 g/mol. The Morgan fingerprint density at radius 3 is 2.67 bits per heavy atom. The molecule has 3 aromatic rings. The first-order chi connectivity index (χ1) is 16.1. The Bertz CT molecular complexity index is 1200. The number of nitrogens with zero attached hydrogens (tertiary/aromatic N) is 3. The fraction of sp³-hybridized carbons (Fsp3) is 0.370. The van der Waals surface area contributed by atoms with Crippen LogP contribution in [0.25, 0.3) is 16.5 Å². The van der Waals surface area contributed by atoms with Gasteiger partial charge in [-0.3, -0.25) is 4.90 Å². The van der Waals surface area contributed by atoms with Crippen molar-refractivity contribution in [1.82, 2.24) is 14.5 Å². The molecule has 2 heterocycles. The number of nitrogens with one attached hydrogen (secondary N) is 1. The Labute approximate surface area is 200 Å². The molecule has 172 valence electrons. The summed E-state index contributed by atoms with van der Waals surface area (Å²) in [6, 6.07) is 17.4. The van der Waals surface area contributed by atoms with Gasteiger partial charge in [-0.1, -0.05) is 48.5 Å². The number of rotatable bonds is 6. The number of likely N-dealkylation sites (N-methyl/N-ethyl adjacent to an activating group) is 1. The molecule has 0 saturated heterocycles. The van der Waals surface area contributed by atoms with Crippen molar-refractivity contribution in [3.05, 3.63) is 71.3 Å². The van der Waals surface area contributed by atoms with Crippen LogP contribution in [0.1, 0.15) is 37.0 Å². The predicted molar refractivity (Wildman–Crippen MR) is 138 cm³/mol. The number of carbonyl (C=O) groups is 1. The Balaban J connectivity index is 1.63. The van der Waals surface area contributed by atoms with Gasteiger partial charge in [0.25, 0.3) is 0 Å². The topological polar surface area (TPSA) is 40.5 Å². The third-order valence-electron chi connectivity index (χ3n) is 6.97. The highest BCUT2D eigenvalue weighted by atomic mass is 32.2. The summed E-state index contributed by atoms with van der Waals surface area (Å²) in [5.74, 6) is 0.865. The van der Waals surface area contributed by atoms with E-state index in [4.69, 9.17) is 0 Å². The van der Waals surface area contributed by atoms with Gasteiger partial charge in [-0.15, -0.1) is 11.8 Å². The van der Waals surface area contributed by atoms with Crippen LogP contribution in [0.2, 0.25) is 0 Å². The van der Waals surface area contributed by atoms with E-state index < -0.39 is 0 Å². The quantitative estimate of drug-likeness (QED) is 0.488. The molecule has 0 radical (unpaired) electrons. The van der Waals surface area contributed by atoms with Gasteiger partial charge in [0.05, 0.1) is 5.52 Å². The lowest BCUT2D eigenvalue weighted by Gasteiger charge is -2.37. The van der Waals surface area contributed by atoms with E-state index in [-0.39, 0.29) is 6.03 Å². The number of thioether (sulfide) groups is 1. The molecule has 5 nitrogen and oxygen atoms in total. The molecule has 33 heavy (non-hydrogen) atoms. The number of amides is 2. The van der Waals surface area contributed by atoms with Gasteiger partial charge < -0.3 is 4.90 Å². The third-order valence-corrected chi connectivity index (χ3v) is 8.15. The van der Waals surface area contributed by atoms with Crippen molar-refractivity contribution < 1.29 is 4.79 Å². The summed E-state index contributed by atoms with van der Waals surface area (Å²) in [6.07, 6.45) is 4.48. The van der Waals surface area contributed by atoms with Crippen LogP contribution < -0.4 is 5.43 Å². The van der Waals surface area contributed by atoms with Crippen molar-refractivity contribution in [2.45, 2.75) is 43.5 Å². The van der Waals surface area contributed by atoms with Crippen LogP contribution in [-0.4, -0.2) is 53.2 Å². The maximum atomic E-state index is 13.1. The highest BCUT2D eigenvalue weighted by molar-refractivity contribution is 7.98. The lowest BCUT2D eigenvalue weighted by atomic mass is 9.82. The Hall–Kier alpha value is -2.70. The van der Waals surface area contributed by atoms with E-state index in [1.807, 2.05) is 30.5 Å². The number of urea groups is 1. The van der Waals surface area contributed by atoms with Crippen molar-refractivity contribution >= 4 is 34.3 Å². The molecule has 0 bridgehead atoms. The number of aromatic nitrogens is 1. The van der Waals surface area contributed by atoms with Gasteiger partial charge in [0, 0.05) is 36.8 Å². The normalized spacial score (nSPS) is 17.5. The van der Waals surface area contributed by atoms with Crippen LogP contribution in [0.3, 0.4) is 0 Å². The first-order valence-electron chi connectivity index (χ1n) is 11.9. The van der Waals surface area contributed by atoms with E-state index in [2.05, 4.69) is 76.7 Å². The molecule has 1 aromatic heterocycles. The van der Waals surface area contributed by atoms with Gasteiger partial charge >= 0.3 is 6.03 Å². The monoisotopic (exact) mass is 460 g/mol. The molecule has 0 fully saturated rings. The lowest BCUT2D eigenvalue weighted by molar-refractivity contribution is 0.214. The number of hydrogen-bond acceptors (Lipinski definition) is 3. The van der Waals surface area contributed by atoms with Gasteiger partial charge in [0.15, 0.2) is 0 Å². The summed E-state index contributed by atoms with van der Waals surface area (Å²) in [6.45, 7) is 6.50. The van der Waals surface area contributed by atoms with E-state index in [0.717, 1.165) is 35.7 Å². The number of hydrogen-bond donors (Lipinski definition) is 1. The zero-order valence-corrected chi connectivity index (χ0v) is 20.5.